The van der Waals surface area contributed by atoms with Crippen molar-refractivity contribution >= 4 is 0 Å². The highest BCUT2D eigenvalue weighted by Crippen LogP contribution is 2.61. The van der Waals surface area contributed by atoms with Crippen molar-refractivity contribution in [3.8, 4) is 0 Å². The number of ether oxygens (including phenoxy) is 1. The molecule has 0 radical (unpaired) electrons. The first-order chi connectivity index (χ1) is 7.30. The van der Waals surface area contributed by atoms with E-state index < -0.39 is 0 Å². The van der Waals surface area contributed by atoms with Crippen molar-refractivity contribution in [1.82, 2.24) is 0 Å². The van der Waals surface area contributed by atoms with Crippen molar-refractivity contribution < 1.29 is 4.74 Å². The maximum atomic E-state index is 5.81. The topological polar surface area (TPSA) is 9.23 Å². The standard InChI is InChI=1S/C14H26O/c1-3-5-6-12-11-13(15-4-2)7-8-14(12)9-10-14/h12-13H,3-11H2,1-2H3. The van der Waals surface area contributed by atoms with Crippen LogP contribution in [-0.2, 0) is 4.74 Å². The van der Waals surface area contributed by atoms with E-state index in [0.717, 1.165) is 17.9 Å². The van der Waals surface area contributed by atoms with Crippen LogP contribution in [0.5, 0.6) is 0 Å². The van der Waals surface area contributed by atoms with Gasteiger partial charge in [-0.15, -0.1) is 0 Å². The van der Waals surface area contributed by atoms with Crippen LogP contribution in [0.15, 0.2) is 0 Å². The minimum atomic E-state index is 0.586. The summed E-state index contributed by atoms with van der Waals surface area (Å²) in [5.74, 6) is 0.989. The van der Waals surface area contributed by atoms with Crippen molar-refractivity contribution in [3.05, 3.63) is 0 Å². The molecule has 2 rings (SSSR count). The monoisotopic (exact) mass is 210 g/mol. The molecule has 2 atom stereocenters. The summed E-state index contributed by atoms with van der Waals surface area (Å²) in [4.78, 5) is 0. The van der Waals surface area contributed by atoms with Crippen LogP contribution >= 0.6 is 0 Å². The molecular weight excluding hydrogens is 184 g/mol. The number of hydrogen-bond acceptors (Lipinski definition) is 1. The molecule has 88 valence electrons. The Bertz CT molecular complexity index is 196. The van der Waals surface area contributed by atoms with Gasteiger partial charge in [-0.25, -0.2) is 0 Å². The van der Waals surface area contributed by atoms with Crippen molar-refractivity contribution in [2.75, 3.05) is 6.61 Å². The van der Waals surface area contributed by atoms with E-state index in [9.17, 15) is 0 Å². The van der Waals surface area contributed by atoms with Crippen LogP contribution in [0.4, 0.5) is 0 Å². The van der Waals surface area contributed by atoms with Gasteiger partial charge in [0.2, 0.25) is 0 Å². The molecule has 0 N–H and O–H groups in total. The van der Waals surface area contributed by atoms with Gasteiger partial charge in [-0.3, -0.25) is 0 Å². The Morgan fingerprint density at radius 1 is 1.20 bits per heavy atom. The lowest BCUT2D eigenvalue weighted by Crippen LogP contribution is -2.31. The normalized spacial score (nSPS) is 33.2. The van der Waals surface area contributed by atoms with E-state index in [-0.39, 0.29) is 0 Å². The Hall–Kier alpha value is -0.0400. The van der Waals surface area contributed by atoms with Crippen molar-refractivity contribution in [2.45, 2.75) is 71.3 Å². The zero-order valence-electron chi connectivity index (χ0n) is 10.4. The second kappa shape index (κ2) is 4.86. The Morgan fingerprint density at radius 2 is 2.00 bits per heavy atom. The van der Waals surface area contributed by atoms with E-state index in [1.165, 1.54) is 51.4 Å². The molecule has 1 spiro atoms. The van der Waals surface area contributed by atoms with E-state index >= 15 is 0 Å². The van der Waals surface area contributed by atoms with E-state index in [4.69, 9.17) is 4.74 Å². The number of hydrogen-bond donors (Lipinski definition) is 0. The highest BCUT2D eigenvalue weighted by molar-refractivity contribution is 5.02. The number of rotatable bonds is 5. The first kappa shape index (κ1) is 11.4. The molecule has 1 heteroatoms. The summed E-state index contributed by atoms with van der Waals surface area (Å²) in [6.07, 6.45) is 12.0. The third-order valence-electron chi connectivity index (χ3n) is 4.58. The fourth-order valence-electron chi connectivity index (χ4n) is 3.42. The van der Waals surface area contributed by atoms with Gasteiger partial charge in [-0.2, -0.15) is 0 Å². The summed E-state index contributed by atoms with van der Waals surface area (Å²) in [7, 11) is 0. The van der Waals surface area contributed by atoms with E-state index in [2.05, 4.69) is 13.8 Å². The van der Waals surface area contributed by atoms with Gasteiger partial charge in [0.25, 0.3) is 0 Å². The SMILES string of the molecule is CCCCC1CC(OCC)CCC12CC2. The molecule has 0 saturated heterocycles. The summed E-state index contributed by atoms with van der Waals surface area (Å²) in [6.45, 7) is 5.34. The molecule has 0 aliphatic heterocycles. The molecule has 0 bridgehead atoms. The molecule has 0 aromatic rings. The Balaban J connectivity index is 1.85. The summed E-state index contributed by atoms with van der Waals surface area (Å²) in [5.41, 5.74) is 0.794. The third-order valence-corrected chi connectivity index (χ3v) is 4.58. The quantitative estimate of drug-likeness (QED) is 0.662. The van der Waals surface area contributed by atoms with Crippen LogP contribution in [0.2, 0.25) is 0 Å². The predicted molar refractivity (Wildman–Crippen MR) is 63.9 cm³/mol. The Labute approximate surface area is 94.6 Å². The summed E-state index contributed by atoms with van der Waals surface area (Å²) in [6, 6.07) is 0. The third kappa shape index (κ3) is 2.55. The van der Waals surface area contributed by atoms with Crippen molar-refractivity contribution in [3.63, 3.8) is 0 Å². The molecule has 0 aromatic carbocycles. The highest BCUT2D eigenvalue weighted by Gasteiger charge is 2.51. The molecule has 0 amide bonds. The first-order valence-electron chi connectivity index (χ1n) is 6.92. The molecule has 2 fully saturated rings. The van der Waals surface area contributed by atoms with Crippen LogP contribution in [-0.4, -0.2) is 12.7 Å². The Morgan fingerprint density at radius 3 is 2.60 bits per heavy atom. The van der Waals surface area contributed by atoms with E-state index in [1.807, 2.05) is 0 Å². The molecule has 2 aliphatic carbocycles. The second-order valence-electron chi connectivity index (χ2n) is 5.55. The molecule has 0 heterocycles. The second-order valence-corrected chi connectivity index (χ2v) is 5.55. The van der Waals surface area contributed by atoms with E-state index in [1.54, 1.807) is 0 Å². The molecule has 1 nitrogen and oxygen atoms in total. The lowest BCUT2D eigenvalue weighted by Gasteiger charge is -2.36. The summed E-state index contributed by atoms with van der Waals surface area (Å²) in [5, 5.41) is 0. The van der Waals surface area contributed by atoms with Gasteiger partial charge in [0, 0.05) is 6.61 Å². The van der Waals surface area contributed by atoms with Crippen LogP contribution in [0, 0.1) is 11.3 Å². The zero-order chi connectivity index (χ0) is 10.7. The summed E-state index contributed by atoms with van der Waals surface area (Å²) >= 11 is 0. The molecule has 2 aliphatic rings. The van der Waals surface area contributed by atoms with E-state index in [0.29, 0.717) is 6.10 Å². The fourth-order valence-corrected chi connectivity index (χ4v) is 3.42. The van der Waals surface area contributed by atoms with Crippen LogP contribution in [0.1, 0.15) is 65.2 Å². The highest BCUT2D eigenvalue weighted by atomic mass is 16.5. The molecule has 2 saturated carbocycles. The van der Waals surface area contributed by atoms with Crippen LogP contribution < -0.4 is 0 Å². The van der Waals surface area contributed by atoms with Crippen LogP contribution in [0.3, 0.4) is 0 Å². The smallest absolute Gasteiger partial charge is 0.0578 e. The zero-order valence-corrected chi connectivity index (χ0v) is 10.4. The molecule has 0 aromatic heterocycles. The Kier molecular flexibility index (Phi) is 3.71. The number of unbranched alkanes of at least 4 members (excludes halogenated alkanes) is 1. The average molecular weight is 210 g/mol. The maximum absolute atomic E-state index is 5.81. The van der Waals surface area contributed by atoms with Crippen molar-refractivity contribution in [1.29, 1.82) is 0 Å². The largest absolute Gasteiger partial charge is 0.378 e. The van der Waals surface area contributed by atoms with Gasteiger partial charge in [0.1, 0.15) is 0 Å². The first-order valence-corrected chi connectivity index (χ1v) is 6.92. The van der Waals surface area contributed by atoms with Gasteiger partial charge in [-0.1, -0.05) is 19.8 Å². The van der Waals surface area contributed by atoms with Gasteiger partial charge in [0.05, 0.1) is 6.10 Å². The predicted octanol–water partition coefficient (Wildman–Crippen LogP) is 4.16. The van der Waals surface area contributed by atoms with Gasteiger partial charge in [0.15, 0.2) is 0 Å². The van der Waals surface area contributed by atoms with Crippen LogP contribution in [0.25, 0.3) is 0 Å². The van der Waals surface area contributed by atoms with Crippen molar-refractivity contribution in [2.24, 2.45) is 11.3 Å². The van der Waals surface area contributed by atoms with Gasteiger partial charge in [-0.05, 0) is 56.8 Å². The molecular formula is C14H26O. The average Bonchev–Trinajstić information content (AvgIpc) is 3.01. The van der Waals surface area contributed by atoms with Gasteiger partial charge >= 0.3 is 0 Å². The fraction of sp³-hybridized carbons (Fsp3) is 1.00. The molecule has 15 heavy (non-hydrogen) atoms. The molecule has 2 unspecified atom stereocenters. The maximum Gasteiger partial charge on any atom is 0.0578 e. The summed E-state index contributed by atoms with van der Waals surface area (Å²) < 4.78 is 5.81. The van der Waals surface area contributed by atoms with Gasteiger partial charge < -0.3 is 4.74 Å². The minimum absolute atomic E-state index is 0.586. The lowest BCUT2D eigenvalue weighted by molar-refractivity contribution is -0.00557. The minimum Gasteiger partial charge on any atom is -0.378 e. The lowest BCUT2D eigenvalue weighted by atomic mass is 9.73.